The smallest absolute Gasteiger partial charge is 0.353 e. The quantitative estimate of drug-likeness (QED) is 0.123. The SMILES string of the molecule is C=CC(=O)OCC1(F)C(F)(F)C(F)(F)C(F)(COC(=O)C=C)C2(F)C(F)(COC(=O)C=C)C(F)(F)C(F)(F)C(F)(COC(=O)C=C)C12F. The predicted octanol–water partition coefficient (Wildman–Crippen LogP) is 4.72. The van der Waals surface area contributed by atoms with Crippen molar-refractivity contribution in [3.63, 3.8) is 0 Å². The Hall–Kier alpha value is -4.14. The molecule has 2 rings (SSSR count). The lowest BCUT2D eigenvalue weighted by Gasteiger charge is -2.69. The number of esters is 4. The zero-order valence-corrected chi connectivity index (χ0v) is 23.5. The molecule has 0 N–H and O–H groups in total. The van der Waals surface area contributed by atoms with Gasteiger partial charge in [0.25, 0.3) is 22.7 Å². The molecule has 0 radical (unpaired) electrons. The van der Waals surface area contributed by atoms with Crippen molar-refractivity contribution < 1.29 is 99.6 Å². The molecule has 0 aromatic rings. The molecular formula is C26H20F14O8. The third-order valence-corrected chi connectivity index (χ3v) is 7.76. The molecule has 0 bridgehead atoms. The van der Waals surface area contributed by atoms with Crippen LogP contribution < -0.4 is 0 Å². The molecule has 0 aromatic carbocycles. The maximum atomic E-state index is 17.5. The lowest BCUT2D eigenvalue weighted by molar-refractivity contribution is -0.508. The van der Waals surface area contributed by atoms with Crippen LogP contribution in [0.1, 0.15) is 0 Å². The van der Waals surface area contributed by atoms with Gasteiger partial charge >= 0.3 is 47.6 Å². The van der Waals surface area contributed by atoms with Gasteiger partial charge in [-0.3, -0.25) is 0 Å². The third kappa shape index (κ3) is 4.34. The van der Waals surface area contributed by atoms with E-state index in [9.17, 15) is 19.2 Å². The van der Waals surface area contributed by atoms with Gasteiger partial charge < -0.3 is 18.9 Å². The van der Waals surface area contributed by atoms with E-state index < -0.39 is 108 Å². The summed E-state index contributed by atoms with van der Waals surface area (Å²) in [6.07, 6.45) is -0.680. The summed E-state index contributed by atoms with van der Waals surface area (Å²) in [7, 11) is 0. The zero-order valence-electron chi connectivity index (χ0n) is 23.5. The molecule has 2 aliphatic carbocycles. The number of hydrogen-bond acceptors (Lipinski definition) is 8. The Bertz CT molecular complexity index is 1220. The molecular weight excluding hydrogens is 706 g/mol. The van der Waals surface area contributed by atoms with Gasteiger partial charge in [0.1, 0.15) is 26.4 Å². The van der Waals surface area contributed by atoms with Crippen LogP contribution in [0.25, 0.3) is 0 Å². The molecule has 0 aliphatic heterocycles. The Balaban J connectivity index is 3.45. The Morgan fingerprint density at radius 3 is 0.646 bits per heavy atom. The van der Waals surface area contributed by atoms with Crippen molar-refractivity contribution in [2.24, 2.45) is 0 Å². The molecule has 0 aromatic heterocycles. The number of halogens is 14. The first kappa shape index (κ1) is 40.0. The lowest BCUT2D eigenvalue weighted by atomic mass is 9.42. The van der Waals surface area contributed by atoms with Crippen molar-refractivity contribution in [2.45, 2.75) is 57.7 Å². The first-order chi connectivity index (χ1) is 21.6. The van der Waals surface area contributed by atoms with Gasteiger partial charge in [0, 0.05) is 24.3 Å². The summed E-state index contributed by atoms with van der Waals surface area (Å²) in [5.74, 6) is -39.8. The lowest BCUT2D eigenvalue weighted by Crippen LogP contribution is -3.02. The van der Waals surface area contributed by atoms with Crippen LogP contribution in [0, 0.1) is 0 Å². The van der Waals surface area contributed by atoms with Gasteiger partial charge in [-0.25, -0.2) is 45.5 Å². The van der Waals surface area contributed by atoms with Crippen LogP contribution in [0.2, 0.25) is 0 Å². The average molecular weight is 726 g/mol. The second kappa shape index (κ2) is 11.8. The Kier molecular flexibility index (Phi) is 9.82. The average Bonchev–Trinajstić information content (AvgIpc) is 3.03. The molecule has 8 nitrogen and oxygen atoms in total. The van der Waals surface area contributed by atoms with Gasteiger partial charge in [-0.2, -0.15) is 35.1 Å². The normalized spacial score (nSPS) is 37.0. The van der Waals surface area contributed by atoms with Gasteiger partial charge in [0.05, 0.1) is 0 Å². The molecule has 22 heteroatoms. The van der Waals surface area contributed by atoms with E-state index in [4.69, 9.17) is 0 Å². The number of carbonyl (C=O) groups is 4. The van der Waals surface area contributed by atoms with Crippen LogP contribution in [0.3, 0.4) is 0 Å². The van der Waals surface area contributed by atoms with Crippen molar-refractivity contribution in [1.29, 1.82) is 0 Å². The largest absolute Gasteiger partial charge is 0.459 e. The molecule has 2 fully saturated rings. The molecule has 0 amide bonds. The number of hydrogen-bond donors (Lipinski definition) is 0. The number of rotatable bonds is 12. The minimum atomic E-state index is -7.66. The number of alkyl halides is 14. The van der Waals surface area contributed by atoms with Crippen LogP contribution >= 0.6 is 0 Å². The Morgan fingerprint density at radius 2 is 0.521 bits per heavy atom. The minimum Gasteiger partial charge on any atom is -0.459 e. The van der Waals surface area contributed by atoms with E-state index in [1.54, 1.807) is 0 Å². The van der Waals surface area contributed by atoms with E-state index in [1.165, 1.54) is 0 Å². The highest BCUT2D eigenvalue weighted by Crippen LogP contribution is 2.80. The second-order valence-electron chi connectivity index (χ2n) is 10.1. The maximum Gasteiger partial charge on any atom is 0.353 e. The first-order valence-corrected chi connectivity index (χ1v) is 12.4. The molecule has 0 heterocycles. The van der Waals surface area contributed by atoms with E-state index in [-0.39, 0.29) is 24.3 Å². The summed E-state index contributed by atoms with van der Waals surface area (Å²) < 4.78 is 242. The fraction of sp³-hybridized carbons (Fsp3) is 0.538. The Morgan fingerprint density at radius 1 is 0.375 bits per heavy atom. The van der Waals surface area contributed by atoms with E-state index >= 15 is 61.5 Å². The standard InChI is InChI=1S/C26H20F14O8/c1-5-13(41)45-9-17(27)21(31)18(28,10-46-14(42)6-2)25(37,38)26(39,40)20(30,12-48-16(44)8-4)22(21,32)19(29,11-47-15(43)7-3)24(35,36)23(17,33)34/h5-8H,1-4,9-12H2. The second-order valence-corrected chi connectivity index (χ2v) is 10.1. The van der Waals surface area contributed by atoms with Crippen LogP contribution in [0.5, 0.6) is 0 Å². The predicted molar refractivity (Wildman–Crippen MR) is 127 cm³/mol. The molecule has 0 spiro atoms. The molecule has 48 heavy (non-hydrogen) atoms. The first-order valence-electron chi connectivity index (χ1n) is 12.4. The molecule has 2 aliphatic rings. The monoisotopic (exact) mass is 726 g/mol. The highest BCUT2D eigenvalue weighted by atomic mass is 19.3. The van der Waals surface area contributed by atoms with Crippen LogP contribution in [-0.2, 0) is 38.1 Å². The Labute approximate surface area is 259 Å². The van der Waals surface area contributed by atoms with Crippen LogP contribution in [0.15, 0.2) is 50.6 Å². The fourth-order valence-electron chi connectivity index (χ4n) is 5.26. The molecule has 4 unspecified atom stereocenters. The van der Waals surface area contributed by atoms with Gasteiger partial charge in [-0.05, 0) is 0 Å². The van der Waals surface area contributed by atoms with Gasteiger partial charge in [0.15, 0.2) is 0 Å². The highest BCUT2D eigenvalue weighted by molar-refractivity contribution is 5.82. The highest BCUT2D eigenvalue weighted by Gasteiger charge is 3.12. The van der Waals surface area contributed by atoms with Gasteiger partial charge in [-0.1, -0.05) is 26.3 Å². The van der Waals surface area contributed by atoms with Gasteiger partial charge in [-0.15, -0.1) is 0 Å². The van der Waals surface area contributed by atoms with Crippen molar-refractivity contribution in [2.75, 3.05) is 26.4 Å². The van der Waals surface area contributed by atoms with Crippen molar-refractivity contribution >= 4 is 23.9 Å². The summed E-state index contributed by atoms with van der Waals surface area (Å²) in [5, 5.41) is 0. The number of carbonyl (C=O) groups excluding carboxylic acids is 4. The summed E-state index contributed by atoms with van der Waals surface area (Å²) >= 11 is 0. The topological polar surface area (TPSA) is 105 Å². The van der Waals surface area contributed by atoms with E-state index in [2.05, 4.69) is 45.3 Å². The van der Waals surface area contributed by atoms with E-state index in [1.807, 2.05) is 0 Å². The molecule has 4 atom stereocenters. The zero-order chi connectivity index (χ0) is 37.8. The van der Waals surface area contributed by atoms with Crippen molar-refractivity contribution in [3.8, 4) is 0 Å². The number of fused-ring (bicyclic) bond motifs is 1. The van der Waals surface area contributed by atoms with E-state index in [0.717, 1.165) is 0 Å². The molecule has 0 saturated heterocycles. The minimum absolute atomic E-state index is 0.170. The summed E-state index contributed by atoms with van der Waals surface area (Å²) in [6, 6.07) is 0. The van der Waals surface area contributed by atoms with Crippen LogP contribution in [0.4, 0.5) is 61.5 Å². The maximum absolute atomic E-state index is 17.5. The summed E-state index contributed by atoms with van der Waals surface area (Å²) in [5.41, 5.74) is -44.0. The third-order valence-electron chi connectivity index (χ3n) is 7.76. The summed E-state index contributed by atoms with van der Waals surface area (Å²) in [4.78, 5) is 46.2. The van der Waals surface area contributed by atoms with Crippen molar-refractivity contribution in [1.82, 2.24) is 0 Å². The van der Waals surface area contributed by atoms with Gasteiger partial charge in [0.2, 0.25) is 11.3 Å². The summed E-state index contributed by atoms with van der Waals surface area (Å²) in [6.45, 7) is -4.21. The van der Waals surface area contributed by atoms with Crippen LogP contribution in [-0.4, -0.2) is 108 Å². The fourth-order valence-corrected chi connectivity index (χ4v) is 5.26. The molecule has 2 saturated carbocycles. The van der Waals surface area contributed by atoms with E-state index in [0.29, 0.717) is 0 Å². The number of ether oxygens (including phenoxy) is 4. The molecule has 270 valence electrons. The van der Waals surface area contributed by atoms with Crippen molar-refractivity contribution in [3.05, 3.63) is 50.6 Å².